The van der Waals surface area contributed by atoms with E-state index in [9.17, 15) is 14.7 Å². The van der Waals surface area contributed by atoms with Gasteiger partial charge in [0.1, 0.15) is 0 Å². The van der Waals surface area contributed by atoms with Crippen molar-refractivity contribution >= 4 is 55.0 Å². The Morgan fingerprint density at radius 1 is 0.605 bits per heavy atom. The monoisotopic (exact) mass is 507 g/mol. The third-order valence-corrected chi connectivity index (χ3v) is 7.94. The number of carbonyl (C=O) groups is 2. The Morgan fingerprint density at radius 3 is 1.71 bits per heavy atom. The van der Waals surface area contributed by atoms with Crippen molar-refractivity contribution in [3.63, 3.8) is 0 Å². The highest BCUT2D eigenvalue weighted by Crippen LogP contribution is 2.42. The van der Waals surface area contributed by atoms with Gasteiger partial charge in [0.05, 0.1) is 5.56 Å². The molecule has 0 fully saturated rings. The van der Waals surface area contributed by atoms with Gasteiger partial charge in [-0.3, -0.25) is 4.79 Å². The smallest absolute Gasteiger partial charge is 0.336 e. The Hall–Kier alpha value is -3.66. The first-order valence-corrected chi connectivity index (χ1v) is 14.3. The van der Waals surface area contributed by atoms with Gasteiger partial charge in [-0.05, 0) is 56.3 Å². The lowest BCUT2D eigenvalue weighted by Crippen LogP contribution is -2.25. The summed E-state index contributed by atoms with van der Waals surface area (Å²) >= 11 is 0. The molecule has 0 saturated carbocycles. The first kappa shape index (κ1) is 26.0. The average Bonchev–Trinajstić information content (AvgIpc) is 2.93. The normalized spacial score (nSPS) is 11.7. The standard InChI is InChI=1S/C34H37NO3/c1-2-3-4-5-6-7-8-9-10-11-22-35-33(36)28-20-18-26-24-16-12-14-23-15-13-17-25(30(23)24)27-19-21-29(34(37)38)32(28)31(26)27/h12-21H,2-11,22H2,1H3,(H,35,36)(H,37,38). The van der Waals surface area contributed by atoms with Crippen molar-refractivity contribution in [1.29, 1.82) is 0 Å². The second-order valence-corrected chi connectivity index (χ2v) is 10.5. The number of hydrogen-bond donors (Lipinski definition) is 2. The molecule has 5 aromatic carbocycles. The van der Waals surface area contributed by atoms with Gasteiger partial charge in [-0.25, -0.2) is 4.79 Å². The van der Waals surface area contributed by atoms with Gasteiger partial charge in [-0.15, -0.1) is 0 Å². The molecule has 0 aliphatic heterocycles. The molecule has 0 aromatic heterocycles. The number of benzene rings is 5. The van der Waals surface area contributed by atoms with Crippen molar-refractivity contribution in [3.05, 3.63) is 71.8 Å². The van der Waals surface area contributed by atoms with E-state index in [0.29, 0.717) is 17.5 Å². The quantitative estimate of drug-likeness (QED) is 0.0948. The SMILES string of the molecule is CCCCCCCCCCCCNC(=O)c1ccc2c3cccc4cccc(c5ccc(C(=O)O)c1c52)c43. The molecule has 0 heterocycles. The summed E-state index contributed by atoms with van der Waals surface area (Å²) in [5.41, 5.74) is 0.600. The van der Waals surface area contributed by atoms with E-state index in [2.05, 4.69) is 36.5 Å². The van der Waals surface area contributed by atoms with Gasteiger partial charge in [0.2, 0.25) is 0 Å². The maximum atomic E-state index is 13.4. The highest BCUT2D eigenvalue weighted by molar-refractivity contribution is 6.36. The molecule has 4 heteroatoms. The molecule has 38 heavy (non-hydrogen) atoms. The fourth-order valence-electron chi connectivity index (χ4n) is 6.01. The highest BCUT2D eigenvalue weighted by Gasteiger charge is 2.22. The van der Waals surface area contributed by atoms with Crippen molar-refractivity contribution in [1.82, 2.24) is 5.32 Å². The summed E-state index contributed by atoms with van der Waals surface area (Å²) in [6, 6.07) is 19.8. The number of carbonyl (C=O) groups excluding carboxylic acids is 1. The molecule has 4 nitrogen and oxygen atoms in total. The Kier molecular flexibility index (Phi) is 8.07. The van der Waals surface area contributed by atoms with Gasteiger partial charge in [-0.1, -0.05) is 113 Å². The highest BCUT2D eigenvalue weighted by atomic mass is 16.4. The molecular formula is C34H37NO3. The summed E-state index contributed by atoms with van der Waals surface area (Å²) in [4.78, 5) is 25.6. The molecule has 0 aliphatic rings. The van der Waals surface area contributed by atoms with Crippen LogP contribution in [-0.4, -0.2) is 23.5 Å². The summed E-state index contributed by atoms with van der Waals surface area (Å²) in [7, 11) is 0. The molecule has 5 rings (SSSR count). The molecule has 0 radical (unpaired) electrons. The zero-order valence-corrected chi connectivity index (χ0v) is 22.3. The van der Waals surface area contributed by atoms with E-state index in [1.54, 1.807) is 12.1 Å². The Balaban J connectivity index is 1.37. The van der Waals surface area contributed by atoms with Crippen molar-refractivity contribution in [3.8, 4) is 0 Å². The Bertz CT molecular complexity index is 1540. The van der Waals surface area contributed by atoms with Crippen LogP contribution in [-0.2, 0) is 0 Å². The number of fused-ring (bicyclic) bond motifs is 2. The summed E-state index contributed by atoms with van der Waals surface area (Å²) < 4.78 is 0. The molecular weight excluding hydrogens is 470 g/mol. The molecule has 0 saturated heterocycles. The van der Waals surface area contributed by atoms with Crippen molar-refractivity contribution in [2.45, 2.75) is 71.1 Å². The summed E-state index contributed by atoms with van der Waals surface area (Å²) in [5, 5.41) is 20.9. The number of hydrogen-bond acceptors (Lipinski definition) is 2. The van der Waals surface area contributed by atoms with E-state index >= 15 is 0 Å². The number of amides is 1. The number of carboxylic acid groups (broad SMARTS) is 1. The first-order valence-electron chi connectivity index (χ1n) is 14.3. The van der Waals surface area contributed by atoms with Crippen LogP contribution in [0.4, 0.5) is 0 Å². The van der Waals surface area contributed by atoms with Gasteiger partial charge < -0.3 is 10.4 Å². The average molecular weight is 508 g/mol. The maximum absolute atomic E-state index is 13.4. The Labute approximate surface area is 224 Å². The summed E-state index contributed by atoms with van der Waals surface area (Å²) in [6.07, 6.45) is 12.4. The van der Waals surface area contributed by atoms with Gasteiger partial charge in [0, 0.05) is 17.5 Å². The van der Waals surface area contributed by atoms with Crippen molar-refractivity contribution in [2.24, 2.45) is 0 Å². The van der Waals surface area contributed by atoms with E-state index in [0.717, 1.165) is 45.2 Å². The minimum absolute atomic E-state index is 0.168. The summed E-state index contributed by atoms with van der Waals surface area (Å²) in [6.45, 7) is 2.85. The van der Waals surface area contributed by atoms with Crippen LogP contribution in [0.25, 0.3) is 43.1 Å². The predicted molar refractivity (Wildman–Crippen MR) is 159 cm³/mol. The largest absolute Gasteiger partial charge is 0.478 e. The van der Waals surface area contributed by atoms with Crippen LogP contribution in [0.5, 0.6) is 0 Å². The van der Waals surface area contributed by atoms with Crippen LogP contribution in [0.1, 0.15) is 91.8 Å². The van der Waals surface area contributed by atoms with Crippen LogP contribution in [0.3, 0.4) is 0 Å². The van der Waals surface area contributed by atoms with Crippen LogP contribution in [0, 0.1) is 0 Å². The minimum Gasteiger partial charge on any atom is -0.478 e. The molecule has 1 amide bonds. The van der Waals surface area contributed by atoms with E-state index in [1.807, 2.05) is 24.3 Å². The van der Waals surface area contributed by atoms with Gasteiger partial charge in [-0.2, -0.15) is 0 Å². The topological polar surface area (TPSA) is 66.4 Å². The molecule has 0 spiro atoms. The first-order chi connectivity index (χ1) is 18.6. The second-order valence-electron chi connectivity index (χ2n) is 10.5. The second kappa shape index (κ2) is 11.8. The van der Waals surface area contributed by atoms with Gasteiger partial charge in [0.15, 0.2) is 0 Å². The van der Waals surface area contributed by atoms with Gasteiger partial charge >= 0.3 is 5.97 Å². The predicted octanol–water partition coefficient (Wildman–Crippen LogP) is 9.09. The molecule has 5 aromatic rings. The fraction of sp³-hybridized carbons (Fsp3) is 0.353. The molecule has 196 valence electrons. The van der Waals surface area contributed by atoms with Crippen molar-refractivity contribution in [2.75, 3.05) is 6.54 Å². The van der Waals surface area contributed by atoms with Crippen LogP contribution < -0.4 is 5.32 Å². The van der Waals surface area contributed by atoms with E-state index < -0.39 is 5.97 Å². The molecule has 0 aliphatic carbocycles. The molecule has 0 unspecified atom stereocenters. The third-order valence-electron chi connectivity index (χ3n) is 7.94. The van der Waals surface area contributed by atoms with Crippen molar-refractivity contribution < 1.29 is 14.7 Å². The maximum Gasteiger partial charge on any atom is 0.336 e. The Morgan fingerprint density at radius 2 is 1.13 bits per heavy atom. The number of aromatic carboxylic acids is 1. The van der Waals surface area contributed by atoms with Crippen LogP contribution in [0.15, 0.2) is 60.7 Å². The number of nitrogens with one attached hydrogen (secondary N) is 1. The zero-order chi connectivity index (χ0) is 26.5. The third kappa shape index (κ3) is 5.05. The minimum atomic E-state index is -1.02. The summed E-state index contributed by atoms with van der Waals surface area (Å²) in [5.74, 6) is -1.22. The molecule has 0 atom stereocenters. The van der Waals surface area contributed by atoms with E-state index in [1.165, 1.54) is 56.8 Å². The zero-order valence-electron chi connectivity index (χ0n) is 22.3. The van der Waals surface area contributed by atoms with Crippen LogP contribution in [0.2, 0.25) is 0 Å². The number of carboxylic acids is 1. The van der Waals surface area contributed by atoms with E-state index in [-0.39, 0.29) is 11.5 Å². The van der Waals surface area contributed by atoms with Crippen LogP contribution >= 0.6 is 0 Å². The number of rotatable bonds is 13. The van der Waals surface area contributed by atoms with Gasteiger partial charge in [0.25, 0.3) is 5.91 Å². The molecule has 2 N–H and O–H groups in total. The lowest BCUT2D eigenvalue weighted by Gasteiger charge is -2.17. The fourth-order valence-corrected chi connectivity index (χ4v) is 6.01. The molecule has 0 bridgehead atoms. The lowest BCUT2D eigenvalue weighted by molar-refractivity contribution is 0.0699. The number of unbranched alkanes of at least 4 members (excludes halogenated alkanes) is 9. The lowest BCUT2D eigenvalue weighted by atomic mass is 9.86. The van der Waals surface area contributed by atoms with E-state index in [4.69, 9.17) is 0 Å².